The van der Waals surface area contributed by atoms with E-state index >= 15 is 0 Å². The fourth-order valence-electron chi connectivity index (χ4n) is 3.13. The van der Waals surface area contributed by atoms with Crippen LogP contribution in [0.5, 0.6) is 0 Å². The largest absolute Gasteiger partial charge is 0.334 e. The van der Waals surface area contributed by atoms with Gasteiger partial charge in [0.25, 0.3) is 0 Å². The van der Waals surface area contributed by atoms with Crippen molar-refractivity contribution in [3.63, 3.8) is 0 Å². The number of hydrogen-bond donors (Lipinski definition) is 0. The lowest BCUT2D eigenvalue weighted by Crippen LogP contribution is -2.37. The Labute approximate surface area is 141 Å². The molecule has 0 N–H and O–H groups in total. The quantitative estimate of drug-likeness (QED) is 0.698. The van der Waals surface area contributed by atoms with Crippen LogP contribution in [0.25, 0.3) is 11.0 Å². The van der Waals surface area contributed by atoms with Crippen LogP contribution in [0, 0.1) is 0 Å². The molecule has 0 saturated heterocycles. The maximum Gasteiger partial charge on any atom is 0.244 e. The number of nitrogens with zero attached hydrogens (tertiary/aromatic N) is 4. The van der Waals surface area contributed by atoms with Gasteiger partial charge in [-0.05, 0) is 31.0 Å². The standard InChI is InChI=1S/C19H22N4O/c1-3-17(15-10-6-5-7-11-15)22(4-2)19(24)14-23-18-13-9-8-12-16(18)20-21-23/h5-13,17H,3-4,14H2,1-2H3. The van der Waals surface area contributed by atoms with Gasteiger partial charge in [-0.2, -0.15) is 0 Å². The van der Waals surface area contributed by atoms with E-state index in [1.807, 2.05) is 54.3 Å². The van der Waals surface area contributed by atoms with E-state index in [-0.39, 0.29) is 18.5 Å². The first-order valence-electron chi connectivity index (χ1n) is 8.37. The van der Waals surface area contributed by atoms with Crippen LogP contribution in [-0.4, -0.2) is 32.3 Å². The Bertz CT molecular complexity index is 812. The maximum atomic E-state index is 12.9. The summed E-state index contributed by atoms with van der Waals surface area (Å²) in [4.78, 5) is 14.8. The van der Waals surface area contributed by atoms with Gasteiger partial charge in [0.1, 0.15) is 12.1 Å². The minimum atomic E-state index is 0.0591. The first kappa shape index (κ1) is 16.2. The minimum Gasteiger partial charge on any atom is -0.334 e. The lowest BCUT2D eigenvalue weighted by atomic mass is 10.0. The van der Waals surface area contributed by atoms with E-state index in [0.29, 0.717) is 6.54 Å². The van der Waals surface area contributed by atoms with Gasteiger partial charge >= 0.3 is 0 Å². The topological polar surface area (TPSA) is 51.0 Å². The zero-order chi connectivity index (χ0) is 16.9. The van der Waals surface area contributed by atoms with Crippen LogP contribution < -0.4 is 0 Å². The number of para-hydroxylation sites is 1. The molecule has 0 saturated carbocycles. The predicted molar refractivity (Wildman–Crippen MR) is 94.4 cm³/mol. The van der Waals surface area contributed by atoms with Crippen LogP contribution in [-0.2, 0) is 11.3 Å². The number of carbonyl (C=O) groups is 1. The predicted octanol–water partition coefficient (Wildman–Crippen LogP) is 3.43. The molecule has 1 unspecified atom stereocenters. The van der Waals surface area contributed by atoms with Gasteiger partial charge in [0.05, 0.1) is 11.6 Å². The van der Waals surface area contributed by atoms with Crippen LogP contribution in [0.1, 0.15) is 31.9 Å². The van der Waals surface area contributed by atoms with Gasteiger partial charge in [-0.1, -0.05) is 54.6 Å². The Hall–Kier alpha value is -2.69. The highest BCUT2D eigenvalue weighted by Crippen LogP contribution is 2.24. The van der Waals surface area contributed by atoms with Crippen molar-refractivity contribution in [3.8, 4) is 0 Å². The number of hydrogen-bond acceptors (Lipinski definition) is 3. The second-order valence-electron chi connectivity index (χ2n) is 5.75. The third kappa shape index (κ3) is 3.15. The van der Waals surface area contributed by atoms with E-state index in [4.69, 9.17) is 0 Å². The van der Waals surface area contributed by atoms with Crippen molar-refractivity contribution in [1.82, 2.24) is 19.9 Å². The first-order valence-corrected chi connectivity index (χ1v) is 8.37. The molecule has 1 heterocycles. The Morgan fingerprint density at radius 2 is 1.79 bits per heavy atom. The average Bonchev–Trinajstić information content (AvgIpc) is 3.03. The van der Waals surface area contributed by atoms with Crippen molar-refractivity contribution >= 4 is 16.9 Å². The SMILES string of the molecule is CCC(c1ccccc1)N(CC)C(=O)Cn1nnc2ccccc21. The summed E-state index contributed by atoms with van der Waals surface area (Å²) in [5.74, 6) is 0.0591. The fraction of sp³-hybridized carbons (Fsp3) is 0.316. The smallest absolute Gasteiger partial charge is 0.244 e. The van der Waals surface area contributed by atoms with Crippen LogP contribution >= 0.6 is 0 Å². The summed E-state index contributed by atoms with van der Waals surface area (Å²) in [5.41, 5.74) is 2.86. The van der Waals surface area contributed by atoms with E-state index < -0.39 is 0 Å². The van der Waals surface area contributed by atoms with E-state index in [9.17, 15) is 4.79 Å². The van der Waals surface area contributed by atoms with Gasteiger partial charge < -0.3 is 4.90 Å². The number of benzene rings is 2. The molecule has 3 aromatic rings. The van der Waals surface area contributed by atoms with Crippen molar-refractivity contribution in [1.29, 1.82) is 0 Å². The Balaban J connectivity index is 1.83. The lowest BCUT2D eigenvalue weighted by molar-refractivity contribution is -0.134. The Morgan fingerprint density at radius 3 is 2.50 bits per heavy atom. The molecule has 0 bridgehead atoms. The number of likely N-dealkylation sites (N-methyl/N-ethyl adjacent to an activating group) is 1. The lowest BCUT2D eigenvalue weighted by Gasteiger charge is -2.30. The van der Waals surface area contributed by atoms with Crippen molar-refractivity contribution in [2.45, 2.75) is 32.9 Å². The molecular weight excluding hydrogens is 300 g/mol. The second kappa shape index (κ2) is 7.25. The van der Waals surface area contributed by atoms with Crippen molar-refractivity contribution < 1.29 is 4.79 Å². The molecule has 1 atom stereocenters. The molecule has 0 spiro atoms. The molecule has 5 heteroatoms. The van der Waals surface area contributed by atoms with Crippen LogP contribution in [0.4, 0.5) is 0 Å². The average molecular weight is 322 g/mol. The number of aromatic nitrogens is 3. The summed E-state index contributed by atoms with van der Waals surface area (Å²) < 4.78 is 1.68. The number of carbonyl (C=O) groups excluding carboxylic acids is 1. The van der Waals surface area contributed by atoms with E-state index in [0.717, 1.165) is 17.5 Å². The summed E-state index contributed by atoms with van der Waals surface area (Å²) in [6.07, 6.45) is 0.877. The molecule has 0 aliphatic rings. The van der Waals surface area contributed by atoms with Crippen molar-refractivity contribution in [3.05, 3.63) is 60.2 Å². The monoisotopic (exact) mass is 322 g/mol. The second-order valence-corrected chi connectivity index (χ2v) is 5.75. The molecule has 2 aromatic carbocycles. The third-order valence-electron chi connectivity index (χ3n) is 4.31. The van der Waals surface area contributed by atoms with Gasteiger partial charge in [-0.3, -0.25) is 4.79 Å². The van der Waals surface area contributed by atoms with Crippen LogP contribution in [0.2, 0.25) is 0 Å². The number of amides is 1. The minimum absolute atomic E-state index is 0.0591. The molecule has 0 fully saturated rings. The summed E-state index contributed by atoms with van der Waals surface area (Å²) in [6, 6.07) is 18.0. The molecule has 1 aromatic heterocycles. The molecule has 0 aliphatic heterocycles. The van der Waals surface area contributed by atoms with Crippen molar-refractivity contribution in [2.75, 3.05) is 6.54 Å². The zero-order valence-corrected chi connectivity index (χ0v) is 14.1. The molecule has 0 aliphatic carbocycles. The molecule has 0 radical (unpaired) electrons. The summed E-state index contributed by atoms with van der Waals surface area (Å²) >= 11 is 0. The Morgan fingerprint density at radius 1 is 1.08 bits per heavy atom. The third-order valence-corrected chi connectivity index (χ3v) is 4.31. The summed E-state index contributed by atoms with van der Waals surface area (Å²) in [7, 11) is 0. The van der Waals surface area contributed by atoms with Gasteiger partial charge in [-0.15, -0.1) is 5.10 Å². The number of rotatable bonds is 6. The van der Waals surface area contributed by atoms with Crippen LogP contribution in [0.15, 0.2) is 54.6 Å². The fourth-order valence-corrected chi connectivity index (χ4v) is 3.13. The van der Waals surface area contributed by atoms with Gasteiger partial charge in [0.15, 0.2) is 0 Å². The van der Waals surface area contributed by atoms with E-state index in [2.05, 4.69) is 29.4 Å². The van der Waals surface area contributed by atoms with Gasteiger partial charge in [-0.25, -0.2) is 4.68 Å². The van der Waals surface area contributed by atoms with Gasteiger partial charge in [0, 0.05) is 6.54 Å². The zero-order valence-electron chi connectivity index (χ0n) is 14.1. The molecule has 1 amide bonds. The first-order chi connectivity index (χ1) is 11.7. The summed E-state index contributed by atoms with van der Waals surface area (Å²) in [5, 5.41) is 8.25. The van der Waals surface area contributed by atoms with Crippen molar-refractivity contribution in [2.24, 2.45) is 0 Å². The van der Waals surface area contributed by atoms with E-state index in [1.54, 1.807) is 4.68 Å². The molecule has 3 rings (SSSR count). The molecular formula is C19H22N4O. The Kier molecular flexibility index (Phi) is 4.89. The molecule has 5 nitrogen and oxygen atoms in total. The number of fused-ring (bicyclic) bond motifs is 1. The highest BCUT2D eigenvalue weighted by molar-refractivity contribution is 5.80. The van der Waals surface area contributed by atoms with Gasteiger partial charge in [0.2, 0.25) is 5.91 Å². The van der Waals surface area contributed by atoms with E-state index in [1.165, 1.54) is 5.56 Å². The maximum absolute atomic E-state index is 12.9. The van der Waals surface area contributed by atoms with Crippen LogP contribution in [0.3, 0.4) is 0 Å². The highest BCUT2D eigenvalue weighted by atomic mass is 16.2. The molecule has 24 heavy (non-hydrogen) atoms. The summed E-state index contributed by atoms with van der Waals surface area (Å²) in [6.45, 7) is 5.00. The highest BCUT2D eigenvalue weighted by Gasteiger charge is 2.23. The molecule has 124 valence electrons. The normalized spacial score (nSPS) is 12.2.